The van der Waals surface area contributed by atoms with Gasteiger partial charge in [-0.25, -0.2) is 9.97 Å². The third-order valence-electron chi connectivity index (χ3n) is 1.99. The molecule has 0 saturated heterocycles. The van der Waals surface area contributed by atoms with Crippen molar-refractivity contribution in [2.75, 3.05) is 12.4 Å². The van der Waals surface area contributed by atoms with Crippen LogP contribution in [0.4, 0.5) is 5.82 Å². The number of tetrazole rings is 1. The lowest BCUT2D eigenvalue weighted by molar-refractivity contribution is 0.177. The topological polar surface area (TPSA) is 102 Å². The minimum atomic E-state index is 0.387. The molecule has 2 heterocycles. The molecular formula is C9H13N7O. The van der Waals surface area contributed by atoms with Crippen molar-refractivity contribution in [1.82, 2.24) is 30.6 Å². The van der Waals surface area contributed by atoms with Crippen molar-refractivity contribution in [2.45, 2.75) is 20.1 Å². The van der Waals surface area contributed by atoms with E-state index in [4.69, 9.17) is 4.74 Å². The molecule has 0 saturated carbocycles. The molecule has 17 heavy (non-hydrogen) atoms. The maximum Gasteiger partial charge on any atom is 0.193 e. The Bertz CT molecular complexity index is 470. The number of rotatable bonds is 5. The van der Waals surface area contributed by atoms with Crippen LogP contribution in [0, 0.1) is 6.92 Å². The zero-order valence-electron chi connectivity index (χ0n) is 9.64. The number of methoxy groups -OCH3 is 1. The van der Waals surface area contributed by atoms with E-state index in [1.807, 2.05) is 13.0 Å². The van der Waals surface area contributed by atoms with Crippen LogP contribution in [0.1, 0.15) is 17.3 Å². The number of aromatic nitrogens is 6. The largest absolute Gasteiger partial charge is 0.377 e. The summed E-state index contributed by atoms with van der Waals surface area (Å²) in [5.41, 5.74) is 0.877. The van der Waals surface area contributed by atoms with E-state index >= 15 is 0 Å². The van der Waals surface area contributed by atoms with Crippen molar-refractivity contribution < 1.29 is 4.74 Å². The summed E-state index contributed by atoms with van der Waals surface area (Å²) in [5.74, 6) is 1.94. The number of hydrogen-bond acceptors (Lipinski definition) is 7. The van der Waals surface area contributed by atoms with Crippen molar-refractivity contribution in [1.29, 1.82) is 0 Å². The van der Waals surface area contributed by atoms with Crippen molar-refractivity contribution in [2.24, 2.45) is 0 Å². The Morgan fingerprint density at radius 2 is 2.24 bits per heavy atom. The van der Waals surface area contributed by atoms with Gasteiger partial charge < -0.3 is 10.1 Å². The molecule has 90 valence electrons. The van der Waals surface area contributed by atoms with E-state index in [1.165, 1.54) is 0 Å². The Labute approximate surface area is 97.8 Å². The van der Waals surface area contributed by atoms with Gasteiger partial charge in [-0.2, -0.15) is 5.21 Å². The second-order valence-electron chi connectivity index (χ2n) is 3.43. The maximum atomic E-state index is 5.00. The highest BCUT2D eigenvalue weighted by atomic mass is 16.5. The molecule has 0 bridgehead atoms. The van der Waals surface area contributed by atoms with Crippen LogP contribution in [0.2, 0.25) is 0 Å². The Kier molecular flexibility index (Phi) is 3.55. The normalized spacial score (nSPS) is 10.5. The summed E-state index contributed by atoms with van der Waals surface area (Å²) in [6.07, 6.45) is 0. The number of H-pyrrole nitrogens is 1. The molecule has 0 unspecified atom stereocenters. The first-order valence-electron chi connectivity index (χ1n) is 5.07. The van der Waals surface area contributed by atoms with E-state index in [1.54, 1.807) is 7.11 Å². The highest BCUT2D eigenvalue weighted by molar-refractivity contribution is 5.35. The van der Waals surface area contributed by atoms with Crippen LogP contribution in [0.25, 0.3) is 0 Å². The van der Waals surface area contributed by atoms with Gasteiger partial charge in [-0.15, -0.1) is 10.2 Å². The van der Waals surface area contributed by atoms with Crippen LogP contribution in [-0.4, -0.2) is 37.7 Å². The molecule has 2 aromatic heterocycles. The number of nitrogens with one attached hydrogen (secondary N) is 2. The van der Waals surface area contributed by atoms with Crippen LogP contribution in [0.3, 0.4) is 0 Å². The lowest BCUT2D eigenvalue weighted by Crippen LogP contribution is -2.07. The second-order valence-corrected chi connectivity index (χ2v) is 3.43. The van der Waals surface area contributed by atoms with Gasteiger partial charge in [-0.1, -0.05) is 5.21 Å². The van der Waals surface area contributed by atoms with Crippen LogP contribution >= 0.6 is 0 Å². The Morgan fingerprint density at radius 1 is 1.35 bits per heavy atom. The van der Waals surface area contributed by atoms with E-state index < -0.39 is 0 Å². The molecule has 2 aromatic rings. The molecule has 0 aromatic carbocycles. The number of hydrogen-bond donors (Lipinski definition) is 2. The number of nitrogens with zero attached hydrogens (tertiary/aromatic N) is 5. The molecule has 0 spiro atoms. The van der Waals surface area contributed by atoms with Crippen molar-refractivity contribution >= 4 is 5.82 Å². The zero-order valence-corrected chi connectivity index (χ0v) is 9.64. The summed E-state index contributed by atoms with van der Waals surface area (Å²) in [5, 5.41) is 16.6. The summed E-state index contributed by atoms with van der Waals surface area (Å²) < 4.78 is 5.00. The van der Waals surface area contributed by atoms with Gasteiger partial charge in [-0.05, 0) is 6.92 Å². The summed E-state index contributed by atoms with van der Waals surface area (Å²) >= 11 is 0. The fraction of sp³-hybridized carbons (Fsp3) is 0.444. The standard InChI is InChI=1S/C9H13N7O/c1-6-3-7(12-9(11-6)5-17-2)10-4-8-13-15-16-14-8/h3H,4-5H2,1-2H3,(H,10,11,12)(H,13,14,15,16). The highest BCUT2D eigenvalue weighted by Gasteiger charge is 2.03. The van der Waals surface area contributed by atoms with E-state index in [2.05, 4.69) is 35.9 Å². The lowest BCUT2D eigenvalue weighted by atomic mass is 10.4. The molecule has 2 N–H and O–H groups in total. The quantitative estimate of drug-likeness (QED) is 0.755. The average Bonchev–Trinajstić information content (AvgIpc) is 2.79. The van der Waals surface area contributed by atoms with Gasteiger partial charge in [-0.3, -0.25) is 0 Å². The van der Waals surface area contributed by atoms with E-state index in [-0.39, 0.29) is 0 Å². The number of ether oxygens (including phenoxy) is 1. The first-order chi connectivity index (χ1) is 8.28. The van der Waals surface area contributed by atoms with Gasteiger partial charge in [0.05, 0.1) is 6.54 Å². The third-order valence-corrected chi connectivity index (χ3v) is 1.99. The van der Waals surface area contributed by atoms with Gasteiger partial charge in [0.2, 0.25) is 0 Å². The lowest BCUT2D eigenvalue weighted by Gasteiger charge is -2.06. The third kappa shape index (κ3) is 3.18. The minimum absolute atomic E-state index is 0.387. The summed E-state index contributed by atoms with van der Waals surface area (Å²) in [4.78, 5) is 8.53. The number of aryl methyl sites for hydroxylation is 1. The molecule has 0 aliphatic rings. The summed E-state index contributed by atoms with van der Waals surface area (Å²) in [6, 6.07) is 1.85. The first kappa shape index (κ1) is 11.4. The number of anilines is 1. The van der Waals surface area contributed by atoms with Crippen molar-refractivity contribution in [3.05, 3.63) is 23.4 Å². The van der Waals surface area contributed by atoms with Gasteiger partial charge in [0.15, 0.2) is 11.6 Å². The molecule has 0 radical (unpaired) electrons. The molecule has 8 heteroatoms. The zero-order chi connectivity index (χ0) is 12.1. The van der Waals surface area contributed by atoms with E-state index in [0.29, 0.717) is 30.6 Å². The maximum absolute atomic E-state index is 5.00. The summed E-state index contributed by atoms with van der Waals surface area (Å²) in [6.45, 7) is 2.75. The Hall–Kier alpha value is -2.09. The second kappa shape index (κ2) is 5.30. The molecule has 2 rings (SSSR count). The van der Waals surface area contributed by atoms with Gasteiger partial charge >= 0.3 is 0 Å². The fourth-order valence-electron chi connectivity index (χ4n) is 1.34. The summed E-state index contributed by atoms with van der Waals surface area (Å²) in [7, 11) is 1.61. The molecule has 0 atom stereocenters. The molecular weight excluding hydrogens is 222 g/mol. The molecule has 0 fully saturated rings. The van der Waals surface area contributed by atoms with E-state index in [0.717, 1.165) is 5.69 Å². The van der Waals surface area contributed by atoms with Gasteiger partial charge in [0.1, 0.15) is 12.4 Å². The molecule has 8 nitrogen and oxygen atoms in total. The van der Waals surface area contributed by atoms with Crippen molar-refractivity contribution in [3.8, 4) is 0 Å². The van der Waals surface area contributed by atoms with Crippen LogP contribution in [-0.2, 0) is 17.9 Å². The van der Waals surface area contributed by atoms with Crippen LogP contribution in [0.15, 0.2) is 6.07 Å². The minimum Gasteiger partial charge on any atom is -0.377 e. The van der Waals surface area contributed by atoms with Gasteiger partial charge in [0, 0.05) is 18.9 Å². The first-order valence-corrected chi connectivity index (χ1v) is 5.07. The van der Waals surface area contributed by atoms with Crippen LogP contribution < -0.4 is 5.32 Å². The van der Waals surface area contributed by atoms with Crippen LogP contribution in [0.5, 0.6) is 0 Å². The van der Waals surface area contributed by atoms with E-state index in [9.17, 15) is 0 Å². The predicted molar refractivity (Wildman–Crippen MR) is 59.0 cm³/mol. The van der Waals surface area contributed by atoms with Crippen molar-refractivity contribution in [3.63, 3.8) is 0 Å². The SMILES string of the molecule is COCc1nc(C)cc(NCc2nn[nH]n2)n1. The smallest absolute Gasteiger partial charge is 0.193 e. The Balaban J connectivity index is 2.04. The van der Waals surface area contributed by atoms with Gasteiger partial charge in [0.25, 0.3) is 0 Å². The highest BCUT2D eigenvalue weighted by Crippen LogP contribution is 2.07. The fourth-order valence-corrected chi connectivity index (χ4v) is 1.34. The molecule has 0 aliphatic heterocycles. The number of aromatic amines is 1. The predicted octanol–water partition coefficient (Wildman–Crippen LogP) is 0.0566. The monoisotopic (exact) mass is 235 g/mol. The molecule has 0 amide bonds. The molecule has 0 aliphatic carbocycles. The Morgan fingerprint density at radius 3 is 2.94 bits per heavy atom. The average molecular weight is 235 g/mol.